The molecule has 0 unspecified atom stereocenters. The maximum absolute atomic E-state index is 11.5. The van der Waals surface area contributed by atoms with E-state index in [1.165, 1.54) is 13.1 Å². The van der Waals surface area contributed by atoms with Crippen LogP contribution in [0.5, 0.6) is 0 Å². The predicted molar refractivity (Wildman–Crippen MR) is 60.0 cm³/mol. The molecule has 6 nitrogen and oxygen atoms in total. The SMILES string of the molecule is CNS(=O)(=O)c1ccc(N2CCNCC2)o1. The van der Waals surface area contributed by atoms with Crippen molar-refractivity contribution in [2.45, 2.75) is 5.09 Å². The zero-order valence-electron chi connectivity index (χ0n) is 9.06. The van der Waals surface area contributed by atoms with Gasteiger partial charge in [-0.3, -0.25) is 0 Å². The first-order valence-electron chi connectivity index (χ1n) is 5.12. The first-order valence-corrected chi connectivity index (χ1v) is 6.61. The van der Waals surface area contributed by atoms with Crippen molar-refractivity contribution >= 4 is 15.9 Å². The lowest BCUT2D eigenvalue weighted by molar-refractivity contribution is 0.432. The fourth-order valence-electron chi connectivity index (χ4n) is 1.61. The van der Waals surface area contributed by atoms with Crippen molar-refractivity contribution in [3.05, 3.63) is 12.1 Å². The van der Waals surface area contributed by atoms with Crippen molar-refractivity contribution in [1.82, 2.24) is 10.0 Å². The Morgan fingerprint density at radius 1 is 1.38 bits per heavy atom. The third kappa shape index (κ3) is 2.21. The number of sulfonamides is 1. The number of nitrogens with one attached hydrogen (secondary N) is 2. The third-order valence-electron chi connectivity index (χ3n) is 2.53. The monoisotopic (exact) mass is 245 g/mol. The van der Waals surface area contributed by atoms with Crippen molar-refractivity contribution in [2.75, 3.05) is 38.1 Å². The van der Waals surface area contributed by atoms with Crippen molar-refractivity contribution in [3.8, 4) is 0 Å². The highest BCUT2D eigenvalue weighted by Gasteiger charge is 2.19. The molecule has 0 bridgehead atoms. The summed E-state index contributed by atoms with van der Waals surface area (Å²) < 4.78 is 30.5. The van der Waals surface area contributed by atoms with Gasteiger partial charge in [0.05, 0.1) is 0 Å². The summed E-state index contributed by atoms with van der Waals surface area (Å²) in [5, 5.41) is 3.18. The fraction of sp³-hybridized carbons (Fsp3) is 0.556. The highest BCUT2D eigenvalue weighted by atomic mass is 32.2. The van der Waals surface area contributed by atoms with E-state index in [1.54, 1.807) is 6.07 Å². The minimum absolute atomic E-state index is 0.0384. The molecule has 0 atom stereocenters. The number of hydrogen-bond donors (Lipinski definition) is 2. The standard InChI is InChI=1S/C9H15N3O3S/c1-10-16(13,14)9-3-2-8(15-9)12-6-4-11-5-7-12/h2-3,10-11H,4-7H2,1H3. The van der Waals surface area contributed by atoms with Gasteiger partial charge in [-0.15, -0.1) is 0 Å². The zero-order chi connectivity index (χ0) is 11.6. The van der Waals surface area contributed by atoms with E-state index in [0.29, 0.717) is 5.88 Å². The molecule has 0 saturated carbocycles. The van der Waals surface area contributed by atoms with Gasteiger partial charge in [0, 0.05) is 32.2 Å². The van der Waals surface area contributed by atoms with Crippen LogP contribution in [0.4, 0.5) is 5.88 Å². The second-order valence-corrected chi connectivity index (χ2v) is 5.35. The van der Waals surface area contributed by atoms with Crippen molar-refractivity contribution in [3.63, 3.8) is 0 Å². The molecular formula is C9H15N3O3S. The van der Waals surface area contributed by atoms with Crippen molar-refractivity contribution in [1.29, 1.82) is 0 Å². The van der Waals surface area contributed by atoms with Gasteiger partial charge < -0.3 is 14.6 Å². The van der Waals surface area contributed by atoms with E-state index in [-0.39, 0.29) is 5.09 Å². The lowest BCUT2D eigenvalue weighted by atomic mass is 10.4. The van der Waals surface area contributed by atoms with Crippen LogP contribution in [-0.2, 0) is 10.0 Å². The summed E-state index contributed by atoms with van der Waals surface area (Å²) in [4.78, 5) is 2.02. The highest BCUT2D eigenvalue weighted by Crippen LogP contribution is 2.21. The van der Waals surface area contributed by atoms with E-state index in [0.717, 1.165) is 26.2 Å². The second kappa shape index (κ2) is 4.44. The van der Waals surface area contributed by atoms with Gasteiger partial charge in [0.15, 0.2) is 5.88 Å². The second-order valence-electron chi connectivity index (χ2n) is 3.54. The van der Waals surface area contributed by atoms with Crippen LogP contribution in [-0.4, -0.2) is 41.6 Å². The third-order valence-corrected chi connectivity index (χ3v) is 3.82. The molecule has 0 aromatic carbocycles. The van der Waals surface area contributed by atoms with E-state index in [2.05, 4.69) is 10.0 Å². The van der Waals surface area contributed by atoms with Crippen LogP contribution < -0.4 is 14.9 Å². The summed E-state index contributed by atoms with van der Waals surface area (Å²) in [5.74, 6) is 0.607. The molecule has 1 fully saturated rings. The molecule has 1 aromatic rings. The lowest BCUT2D eigenvalue weighted by Gasteiger charge is -2.26. The first kappa shape index (κ1) is 11.4. The Morgan fingerprint density at radius 2 is 2.06 bits per heavy atom. The van der Waals surface area contributed by atoms with Gasteiger partial charge in [-0.1, -0.05) is 0 Å². The van der Waals surface area contributed by atoms with Crippen LogP contribution in [0, 0.1) is 0 Å². The number of piperazine rings is 1. The van der Waals surface area contributed by atoms with Crippen LogP contribution in [0.25, 0.3) is 0 Å². The Balaban J connectivity index is 2.19. The molecule has 0 aliphatic carbocycles. The van der Waals surface area contributed by atoms with Crippen molar-refractivity contribution < 1.29 is 12.8 Å². The van der Waals surface area contributed by atoms with E-state index in [9.17, 15) is 8.42 Å². The molecule has 1 aliphatic rings. The van der Waals surface area contributed by atoms with Crippen molar-refractivity contribution in [2.24, 2.45) is 0 Å². The normalized spacial score (nSPS) is 17.7. The Kier molecular flexibility index (Phi) is 3.17. The number of furan rings is 1. The Labute approximate surface area is 94.7 Å². The largest absolute Gasteiger partial charge is 0.428 e. The maximum Gasteiger partial charge on any atom is 0.273 e. The molecule has 1 aromatic heterocycles. The average molecular weight is 245 g/mol. The van der Waals surface area contributed by atoms with Crippen LogP contribution in [0.15, 0.2) is 21.6 Å². The number of anilines is 1. The Morgan fingerprint density at radius 3 is 2.69 bits per heavy atom. The predicted octanol–water partition coefficient (Wildman–Crippen LogP) is -0.403. The molecule has 1 saturated heterocycles. The van der Waals surface area contributed by atoms with Crippen LogP contribution in [0.3, 0.4) is 0 Å². The smallest absolute Gasteiger partial charge is 0.273 e. The molecule has 0 amide bonds. The average Bonchev–Trinajstić information content (AvgIpc) is 2.80. The molecule has 2 rings (SSSR count). The van der Waals surface area contributed by atoms with E-state index < -0.39 is 10.0 Å². The first-order chi connectivity index (χ1) is 7.63. The van der Waals surface area contributed by atoms with E-state index in [1.807, 2.05) is 4.90 Å². The Bertz CT molecular complexity index is 448. The summed E-state index contributed by atoms with van der Waals surface area (Å²) in [5.41, 5.74) is 0. The minimum Gasteiger partial charge on any atom is -0.428 e. The molecule has 2 N–H and O–H groups in total. The van der Waals surface area contributed by atoms with Gasteiger partial charge in [-0.25, -0.2) is 13.1 Å². The summed E-state index contributed by atoms with van der Waals surface area (Å²) >= 11 is 0. The van der Waals surface area contributed by atoms with Crippen LogP contribution in [0.1, 0.15) is 0 Å². The summed E-state index contributed by atoms with van der Waals surface area (Å²) in [6.07, 6.45) is 0. The van der Waals surface area contributed by atoms with Gasteiger partial charge in [-0.05, 0) is 13.1 Å². The quantitative estimate of drug-likeness (QED) is 0.758. The highest BCUT2D eigenvalue weighted by molar-refractivity contribution is 7.89. The molecule has 90 valence electrons. The van der Waals surface area contributed by atoms with Gasteiger partial charge in [0.1, 0.15) is 0 Å². The molecule has 1 aliphatic heterocycles. The molecular weight excluding hydrogens is 230 g/mol. The molecule has 7 heteroatoms. The molecule has 0 spiro atoms. The summed E-state index contributed by atoms with van der Waals surface area (Å²) in [7, 11) is -2.11. The number of hydrogen-bond acceptors (Lipinski definition) is 5. The number of nitrogens with zero attached hydrogens (tertiary/aromatic N) is 1. The maximum atomic E-state index is 11.5. The Hall–Kier alpha value is -1.05. The number of rotatable bonds is 3. The van der Waals surface area contributed by atoms with E-state index >= 15 is 0 Å². The van der Waals surface area contributed by atoms with Crippen LogP contribution in [0.2, 0.25) is 0 Å². The van der Waals surface area contributed by atoms with Gasteiger partial charge >= 0.3 is 0 Å². The molecule has 16 heavy (non-hydrogen) atoms. The van der Waals surface area contributed by atoms with Crippen LogP contribution >= 0.6 is 0 Å². The topological polar surface area (TPSA) is 74.6 Å². The van der Waals surface area contributed by atoms with Gasteiger partial charge in [0.2, 0.25) is 5.09 Å². The lowest BCUT2D eigenvalue weighted by Crippen LogP contribution is -2.43. The summed E-state index contributed by atoms with van der Waals surface area (Å²) in [6.45, 7) is 3.42. The van der Waals surface area contributed by atoms with E-state index in [4.69, 9.17) is 4.42 Å². The van der Waals surface area contributed by atoms with Gasteiger partial charge in [-0.2, -0.15) is 0 Å². The van der Waals surface area contributed by atoms with Gasteiger partial charge in [0.25, 0.3) is 10.0 Å². The summed E-state index contributed by atoms with van der Waals surface area (Å²) in [6, 6.07) is 3.17. The fourth-order valence-corrected chi connectivity index (χ4v) is 2.25. The zero-order valence-corrected chi connectivity index (χ0v) is 9.88. The minimum atomic E-state index is -3.47. The molecule has 0 radical (unpaired) electrons. The molecule has 2 heterocycles.